The maximum Gasteiger partial charge on any atom is 0.0133 e. The van der Waals surface area contributed by atoms with Crippen LogP contribution >= 0.6 is 0 Å². The minimum Gasteiger partial charge on any atom is -0.294 e. The highest BCUT2D eigenvalue weighted by molar-refractivity contribution is 5.12. The van der Waals surface area contributed by atoms with Gasteiger partial charge in [0.15, 0.2) is 0 Å². The minimum absolute atomic E-state index is 0.614. The summed E-state index contributed by atoms with van der Waals surface area (Å²) in [6.45, 7) is 5.43. The SMILES string of the molecule is CC1(C)C2CCCCC2C2CC(N3C4CCCCC4C4CC(C5CCC6C(C5)C5CCCCC5N6C5CCCCC5)CCC43)CCC21. The monoisotopic (exact) mass is 643 g/mol. The number of rotatable bonds is 3. The molecule has 0 aromatic carbocycles. The highest BCUT2D eigenvalue weighted by atomic mass is 15.3. The van der Waals surface area contributed by atoms with Crippen LogP contribution in [0.4, 0.5) is 0 Å². The summed E-state index contributed by atoms with van der Waals surface area (Å²) in [5.74, 6) is 10.6. The van der Waals surface area contributed by atoms with Crippen molar-refractivity contribution in [2.24, 2.45) is 64.6 Å². The van der Waals surface area contributed by atoms with Crippen LogP contribution < -0.4 is 0 Å². The predicted molar refractivity (Wildman–Crippen MR) is 195 cm³/mol. The van der Waals surface area contributed by atoms with Crippen molar-refractivity contribution in [2.75, 3.05) is 0 Å². The molecule has 0 N–H and O–H groups in total. The molecule has 8 aliphatic carbocycles. The van der Waals surface area contributed by atoms with E-state index in [1.54, 1.807) is 109 Å². The van der Waals surface area contributed by atoms with Crippen LogP contribution in [0.25, 0.3) is 0 Å². The van der Waals surface area contributed by atoms with Gasteiger partial charge in [-0.1, -0.05) is 71.6 Å². The molecular weight excluding hydrogens is 569 g/mol. The molecule has 0 radical (unpaired) electrons. The number of likely N-dealkylation sites (tertiary alicyclic amines) is 2. The normalized spacial score (nSPS) is 53.4. The van der Waals surface area contributed by atoms with E-state index in [1.165, 1.54) is 57.8 Å². The summed E-state index contributed by atoms with van der Waals surface area (Å²) in [4.78, 5) is 6.63. The van der Waals surface area contributed by atoms with Gasteiger partial charge in [-0.25, -0.2) is 0 Å². The Bertz CT molecular complexity index is 1110. The van der Waals surface area contributed by atoms with E-state index < -0.39 is 0 Å². The Morgan fingerprint density at radius 3 is 1.47 bits per heavy atom. The molecule has 15 atom stereocenters. The number of nitrogens with zero attached hydrogens (tertiary/aromatic N) is 2. The topological polar surface area (TPSA) is 6.48 Å². The average Bonchev–Trinajstić information content (AvgIpc) is 3.71. The highest BCUT2D eigenvalue weighted by Crippen LogP contribution is 2.65. The molecule has 10 aliphatic rings. The Balaban J connectivity index is 0.851. The number of hydrogen-bond acceptors (Lipinski definition) is 2. The molecule has 8 saturated carbocycles. The van der Waals surface area contributed by atoms with Crippen LogP contribution in [0.5, 0.6) is 0 Å². The fourth-order valence-electron chi connectivity index (χ4n) is 17.7. The molecule has 2 nitrogen and oxygen atoms in total. The third kappa shape index (κ3) is 5.09. The molecule has 264 valence electrons. The van der Waals surface area contributed by atoms with E-state index in [4.69, 9.17) is 0 Å². The van der Waals surface area contributed by atoms with Crippen LogP contribution in [0.15, 0.2) is 0 Å². The fraction of sp³-hybridized carbons (Fsp3) is 1.00. The molecule has 0 bridgehead atoms. The Labute approximate surface area is 290 Å². The van der Waals surface area contributed by atoms with Crippen LogP contribution in [0.2, 0.25) is 0 Å². The van der Waals surface area contributed by atoms with E-state index in [9.17, 15) is 0 Å². The first-order valence-corrected chi connectivity index (χ1v) is 22.6. The summed E-state index contributed by atoms with van der Waals surface area (Å²) in [5, 5.41) is 0. The summed E-state index contributed by atoms with van der Waals surface area (Å²) in [5.41, 5.74) is 0.614. The predicted octanol–water partition coefficient (Wildman–Crippen LogP) is 11.3. The maximum atomic E-state index is 3.37. The largest absolute Gasteiger partial charge is 0.294 e. The molecule has 15 unspecified atom stereocenters. The lowest BCUT2D eigenvalue weighted by Crippen LogP contribution is -2.50. The van der Waals surface area contributed by atoms with Crippen LogP contribution in [-0.2, 0) is 0 Å². The zero-order valence-corrected chi connectivity index (χ0v) is 31.0. The molecule has 47 heavy (non-hydrogen) atoms. The lowest BCUT2D eigenvalue weighted by atomic mass is 9.62. The van der Waals surface area contributed by atoms with Gasteiger partial charge in [-0.05, 0) is 174 Å². The van der Waals surface area contributed by atoms with Crippen molar-refractivity contribution < 1.29 is 0 Å². The van der Waals surface area contributed by atoms with E-state index in [2.05, 4.69) is 23.6 Å². The third-order valence-electron chi connectivity index (χ3n) is 19.2. The minimum atomic E-state index is 0.614. The van der Waals surface area contributed by atoms with Crippen LogP contribution in [0, 0.1) is 64.6 Å². The summed E-state index contributed by atoms with van der Waals surface area (Å²) in [6, 6.07) is 5.78. The first-order valence-electron chi connectivity index (χ1n) is 22.6. The quantitative estimate of drug-likeness (QED) is 0.302. The molecular formula is C45H74N2. The molecule has 10 fully saturated rings. The first kappa shape index (κ1) is 31.6. The molecule has 2 saturated heterocycles. The number of hydrogen-bond donors (Lipinski definition) is 0. The summed E-state index contributed by atoms with van der Waals surface area (Å²) < 4.78 is 0. The van der Waals surface area contributed by atoms with Crippen molar-refractivity contribution >= 4 is 0 Å². The van der Waals surface area contributed by atoms with E-state index in [0.717, 1.165) is 95.4 Å². The second kappa shape index (κ2) is 12.6. The molecule has 2 aliphatic heterocycles. The molecule has 0 aromatic rings. The van der Waals surface area contributed by atoms with Gasteiger partial charge < -0.3 is 0 Å². The lowest BCUT2D eigenvalue weighted by molar-refractivity contribution is 0.00998. The van der Waals surface area contributed by atoms with Gasteiger partial charge in [-0.3, -0.25) is 9.80 Å². The first-order chi connectivity index (χ1) is 23.1. The van der Waals surface area contributed by atoms with Gasteiger partial charge in [0.05, 0.1) is 0 Å². The van der Waals surface area contributed by atoms with E-state index in [-0.39, 0.29) is 0 Å². The van der Waals surface area contributed by atoms with Crippen molar-refractivity contribution in [3.63, 3.8) is 0 Å². The molecule has 2 heteroatoms. The van der Waals surface area contributed by atoms with Crippen molar-refractivity contribution in [3.8, 4) is 0 Å². The average molecular weight is 643 g/mol. The van der Waals surface area contributed by atoms with Gasteiger partial charge in [0.1, 0.15) is 0 Å². The second-order valence-electron chi connectivity index (χ2n) is 20.9. The van der Waals surface area contributed by atoms with Gasteiger partial charge in [0.25, 0.3) is 0 Å². The van der Waals surface area contributed by atoms with Crippen LogP contribution in [0.3, 0.4) is 0 Å². The Hall–Kier alpha value is -0.0800. The number of fused-ring (bicyclic) bond motifs is 9. The van der Waals surface area contributed by atoms with Crippen molar-refractivity contribution in [1.29, 1.82) is 0 Å². The van der Waals surface area contributed by atoms with Gasteiger partial charge in [0.2, 0.25) is 0 Å². The van der Waals surface area contributed by atoms with Crippen LogP contribution in [-0.4, -0.2) is 46.1 Å². The van der Waals surface area contributed by atoms with Gasteiger partial charge >= 0.3 is 0 Å². The highest BCUT2D eigenvalue weighted by Gasteiger charge is 2.60. The summed E-state index contributed by atoms with van der Waals surface area (Å²) >= 11 is 0. The van der Waals surface area contributed by atoms with Gasteiger partial charge in [-0.2, -0.15) is 0 Å². The van der Waals surface area contributed by atoms with Crippen molar-refractivity contribution in [2.45, 2.75) is 217 Å². The Morgan fingerprint density at radius 1 is 0.340 bits per heavy atom. The Morgan fingerprint density at radius 2 is 0.830 bits per heavy atom. The lowest BCUT2D eigenvalue weighted by Gasteiger charge is -2.48. The van der Waals surface area contributed by atoms with Crippen molar-refractivity contribution in [3.05, 3.63) is 0 Å². The van der Waals surface area contributed by atoms with E-state index in [1.807, 2.05) is 0 Å². The Kier molecular flexibility index (Phi) is 8.45. The second-order valence-corrected chi connectivity index (χ2v) is 20.9. The summed E-state index contributed by atoms with van der Waals surface area (Å²) in [7, 11) is 0. The standard InChI is InChI=1S/C45H74N2/c1-45(2)39-17-9-6-14-33(39)36-28-32(22-23-40(36)45)47-42-19-11-8-16-35(42)38-27-30(21-25-44(38)47)29-20-24-43-37(26-29)34-15-7-10-18-41(34)46(43)31-12-4-3-5-13-31/h29-44H,3-28H2,1-2H3. The van der Waals surface area contributed by atoms with Gasteiger partial charge in [0, 0.05) is 36.3 Å². The molecule has 0 aromatic heterocycles. The van der Waals surface area contributed by atoms with E-state index >= 15 is 0 Å². The summed E-state index contributed by atoms with van der Waals surface area (Å²) in [6.07, 6.45) is 40.5. The third-order valence-corrected chi connectivity index (χ3v) is 19.2. The smallest absolute Gasteiger partial charge is 0.0133 e. The zero-order chi connectivity index (χ0) is 31.3. The molecule has 0 spiro atoms. The van der Waals surface area contributed by atoms with Crippen LogP contribution in [0.1, 0.15) is 181 Å². The zero-order valence-electron chi connectivity index (χ0n) is 31.0. The van der Waals surface area contributed by atoms with Crippen molar-refractivity contribution in [1.82, 2.24) is 9.80 Å². The molecule has 10 rings (SSSR count). The van der Waals surface area contributed by atoms with E-state index in [0.29, 0.717) is 5.41 Å². The molecule has 2 heterocycles. The maximum absolute atomic E-state index is 3.37. The molecule has 0 amide bonds. The fourth-order valence-corrected chi connectivity index (χ4v) is 17.7. The van der Waals surface area contributed by atoms with Gasteiger partial charge in [-0.15, -0.1) is 0 Å².